The second kappa shape index (κ2) is 14.7. The third-order valence-corrected chi connectivity index (χ3v) is 14.8. The molecule has 0 aliphatic carbocycles. The quantitative estimate of drug-likeness (QED) is 0.172. The highest BCUT2D eigenvalue weighted by molar-refractivity contribution is 6.74. The van der Waals surface area contributed by atoms with Crippen LogP contribution in [0.25, 0.3) is 11.3 Å². The SMILES string of the molecule is COCCN1CCC(Cn2nc(Cl)cc2Nc2nccc(-c3cc(C#N)c4c(c3)[C@@](C)(CO[Si](C)(C)C(C)(C)C)CN4[B]C=O)n2)CC1. The molecule has 0 saturated carbocycles. The monoisotopic (exact) mass is 689 g/mol. The number of nitrogens with zero attached hydrogens (tertiary/aromatic N) is 7. The minimum absolute atomic E-state index is 0.0463. The van der Waals surface area contributed by atoms with Crippen LogP contribution in [0.2, 0.25) is 23.3 Å². The van der Waals surface area contributed by atoms with E-state index < -0.39 is 13.7 Å². The Kier molecular flexibility index (Phi) is 11.0. The lowest BCUT2D eigenvalue weighted by atomic mass is 9.83. The Morgan fingerprint density at radius 3 is 2.67 bits per heavy atom. The predicted octanol–water partition coefficient (Wildman–Crippen LogP) is 5.88. The van der Waals surface area contributed by atoms with Gasteiger partial charge in [-0.3, -0.25) is 0 Å². The number of aromatic nitrogens is 4. The average molecular weight is 690 g/mol. The van der Waals surface area contributed by atoms with Crippen LogP contribution in [0.4, 0.5) is 17.5 Å². The Bertz CT molecular complexity index is 1650. The van der Waals surface area contributed by atoms with E-state index in [1.54, 1.807) is 19.4 Å². The van der Waals surface area contributed by atoms with Gasteiger partial charge in [0.05, 0.1) is 17.9 Å². The number of nitriles is 1. The van der Waals surface area contributed by atoms with Gasteiger partial charge in [0.2, 0.25) is 5.95 Å². The van der Waals surface area contributed by atoms with Gasteiger partial charge in [0.1, 0.15) is 18.1 Å². The van der Waals surface area contributed by atoms with E-state index in [4.69, 9.17) is 25.7 Å². The van der Waals surface area contributed by atoms with Crippen LogP contribution in [0.5, 0.6) is 0 Å². The molecule has 3 aromatic rings. The van der Waals surface area contributed by atoms with Crippen molar-refractivity contribution in [1.82, 2.24) is 24.6 Å². The molecule has 0 unspecified atom stereocenters. The summed E-state index contributed by atoms with van der Waals surface area (Å²) in [4.78, 5) is 25.3. The number of hydrogen-bond donors (Lipinski definition) is 1. The van der Waals surface area contributed by atoms with Crippen LogP contribution in [0.3, 0.4) is 0 Å². The van der Waals surface area contributed by atoms with Gasteiger partial charge in [0, 0.05) is 62.3 Å². The van der Waals surface area contributed by atoms with E-state index in [-0.39, 0.29) is 5.04 Å². The molecule has 11 nitrogen and oxygen atoms in total. The molecule has 0 bridgehead atoms. The maximum atomic E-state index is 11.6. The number of benzene rings is 1. The van der Waals surface area contributed by atoms with Crippen molar-refractivity contribution in [3.8, 4) is 17.3 Å². The summed E-state index contributed by atoms with van der Waals surface area (Å²) in [6.45, 7) is 18.8. The standard InChI is InChI=1S/C34H47BClN8O3Si/c1-33(2,3)48(6,7)47-22-34(4)21-43(35-23-45)31-26(19-37)16-25(17-27(31)34)28-8-11-38-32(39-28)40-30-18-29(36)41-44(30)20-24-9-12-42(13-10-24)14-15-46-5/h8,11,16-18,23-24H,9-10,12-15,20-22H2,1-7H3,(H,38,39,40)/t34-/m1/s1. The van der Waals surface area contributed by atoms with Crippen molar-refractivity contribution in [2.24, 2.45) is 5.92 Å². The summed E-state index contributed by atoms with van der Waals surface area (Å²) in [7, 11) is 1.18. The lowest BCUT2D eigenvalue weighted by Gasteiger charge is -2.39. The van der Waals surface area contributed by atoms with Gasteiger partial charge in [-0.2, -0.15) is 10.4 Å². The highest BCUT2D eigenvalue weighted by atomic mass is 35.5. The van der Waals surface area contributed by atoms with Gasteiger partial charge in [0.25, 0.3) is 0 Å². The second-order valence-corrected chi connectivity index (χ2v) is 20.0. The molecule has 1 radical (unpaired) electrons. The Balaban J connectivity index is 1.40. The van der Waals surface area contributed by atoms with E-state index in [1.165, 1.54) is 7.41 Å². The van der Waals surface area contributed by atoms with Gasteiger partial charge in [-0.25, -0.2) is 14.6 Å². The Labute approximate surface area is 291 Å². The summed E-state index contributed by atoms with van der Waals surface area (Å²) in [5.41, 5.74) is 3.17. The molecule has 0 spiro atoms. The zero-order chi connectivity index (χ0) is 34.7. The first-order valence-corrected chi connectivity index (χ1v) is 19.9. The van der Waals surface area contributed by atoms with Crippen LogP contribution in [-0.2, 0) is 25.9 Å². The highest BCUT2D eigenvalue weighted by Crippen LogP contribution is 2.46. The fourth-order valence-corrected chi connectivity index (χ4v) is 7.54. The number of methoxy groups -OCH3 is 1. The van der Waals surface area contributed by atoms with Crippen molar-refractivity contribution in [2.45, 2.75) is 70.6 Å². The zero-order valence-electron chi connectivity index (χ0n) is 29.2. The molecule has 1 N–H and O–H groups in total. The van der Waals surface area contributed by atoms with Gasteiger partial charge in [-0.05, 0) is 73.7 Å². The Morgan fingerprint density at radius 2 is 2.00 bits per heavy atom. The second-order valence-electron chi connectivity index (χ2n) is 14.8. The van der Waals surface area contributed by atoms with E-state index in [0.717, 1.165) is 74.4 Å². The number of fused-ring (bicyclic) bond motifs is 1. The van der Waals surface area contributed by atoms with Crippen molar-refractivity contribution in [3.63, 3.8) is 0 Å². The maximum Gasteiger partial charge on any atom is 0.329 e. The molecule has 5 rings (SSSR count). The highest BCUT2D eigenvalue weighted by Gasteiger charge is 2.44. The first-order valence-electron chi connectivity index (χ1n) is 16.6. The van der Waals surface area contributed by atoms with Crippen molar-refractivity contribution in [1.29, 1.82) is 5.26 Å². The molecule has 14 heteroatoms. The summed E-state index contributed by atoms with van der Waals surface area (Å²) in [6, 6.07) is 9.91. The zero-order valence-corrected chi connectivity index (χ0v) is 31.0. The van der Waals surface area contributed by atoms with Crippen molar-refractivity contribution < 1.29 is 14.0 Å². The number of carbonyl (C=O) groups excluding carboxylic acids is 1. The number of carbonyl (C=O) groups is 1. The van der Waals surface area contributed by atoms with Crippen LogP contribution < -0.4 is 10.1 Å². The van der Waals surface area contributed by atoms with E-state index in [1.807, 2.05) is 21.6 Å². The molecule has 1 saturated heterocycles. The normalized spacial score (nSPS) is 18.9. The first-order chi connectivity index (χ1) is 22.8. The number of rotatable bonds is 13. The molecule has 255 valence electrons. The number of ether oxygens (including phenoxy) is 1. The summed E-state index contributed by atoms with van der Waals surface area (Å²) >= 11 is 6.38. The maximum absolute atomic E-state index is 11.6. The number of piperidine rings is 1. The fraction of sp³-hybridized carbons (Fsp3) is 0.559. The first kappa shape index (κ1) is 36.0. The molecular weight excluding hydrogens is 643 g/mol. The van der Waals surface area contributed by atoms with Gasteiger partial charge >= 0.3 is 7.41 Å². The van der Waals surface area contributed by atoms with Gasteiger partial charge in [-0.15, -0.1) is 0 Å². The summed E-state index contributed by atoms with van der Waals surface area (Å²) in [5, 5.41) is 18.6. The van der Waals surface area contributed by atoms with Crippen LogP contribution in [0.15, 0.2) is 30.5 Å². The van der Waals surface area contributed by atoms with E-state index in [9.17, 15) is 10.1 Å². The molecule has 2 aliphatic rings. The number of anilines is 3. The molecule has 2 aliphatic heterocycles. The smallest absolute Gasteiger partial charge is 0.329 e. The molecule has 2 aromatic heterocycles. The lowest BCUT2D eigenvalue weighted by molar-refractivity contribution is 0.116. The Hall–Kier alpha value is -3.28. The number of nitrogens with one attached hydrogen (secondary N) is 1. The lowest BCUT2D eigenvalue weighted by Crippen LogP contribution is -2.46. The van der Waals surface area contributed by atoms with Crippen molar-refractivity contribution in [2.75, 3.05) is 56.6 Å². The topological polar surface area (TPSA) is 121 Å². The van der Waals surface area contributed by atoms with Crippen LogP contribution in [0.1, 0.15) is 51.7 Å². The molecule has 0 amide bonds. The third-order valence-electron chi connectivity index (χ3n) is 10.2. The number of halogens is 1. The summed E-state index contributed by atoms with van der Waals surface area (Å²) < 4.78 is 13.9. The van der Waals surface area contributed by atoms with E-state index in [0.29, 0.717) is 41.4 Å². The molecule has 4 heterocycles. The van der Waals surface area contributed by atoms with E-state index >= 15 is 0 Å². The average Bonchev–Trinajstić information content (AvgIpc) is 3.54. The number of hydrogen-bond acceptors (Lipinski definition) is 10. The summed E-state index contributed by atoms with van der Waals surface area (Å²) in [5.74, 6) is 1.61. The van der Waals surface area contributed by atoms with Crippen LogP contribution >= 0.6 is 11.6 Å². The number of likely N-dealkylation sites (tertiary alicyclic amines) is 1. The van der Waals surface area contributed by atoms with Crippen molar-refractivity contribution in [3.05, 3.63) is 46.7 Å². The van der Waals surface area contributed by atoms with Crippen LogP contribution in [0, 0.1) is 17.2 Å². The molecule has 1 aromatic carbocycles. The van der Waals surface area contributed by atoms with Crippen LogP contribution in [-0.4, -0.2) is 93.1 Å². The third kappa shape index (κ3) is 7.95. The molecule has 1 fully saturated rings. The van der Waals surface area contributed by atoms with E-state index in [2.05, 4.69) is 73.2 Å². The minimum atomic E-state index is -2.07. The molecule has 48 heavy (non-hydrogen) atoms. The minimum Gasteiger partial charge on any atom is -0.416 e. The molecular formula is C34H47BClN8O3Si. The molecule has 1 atom stereocenters. The summed E-state index contributed by atoms with van der Waals surface area (Å²) in [6.07, 6.45) is 4.63. The largest absolute Gasteiger partial charge is 0.416 e. The van der Waals surface area contributed by atoms with Gasteiger partial charge in [-0.1, -0.05) is 39.3 Å². The van der Waals surface area contributed by atoms with Crippen molar-refractivity contribution >= 4 is 51.0 Å². The Morgan fingerprint density at radius 1 is 1.25 bits per heavy atom. The fourth-order valence-electron chi connectivity index (χ4n) is 6.23. The van der Waals surface area contributed by atoms with Gasteiger partial charge < -0.3 is 29.0 Å². The van der Waals surface area contributed by atoms with Gasteiger partial charge in [0.15, 0.2) is 13.5 Å². The predicted molar refractivity (Wildman–Crippen MR) is 194 cm³/mol.